The number of benzene rings is 2. The van der Waals surface area contributed by atoms with Crippen LogP contribution in [0.15, 0.2) is 53.4 Å². The van der Waals surface area contributed by atoms with Crippen molar-refractivity contribution in [1.29, 1.82) is 0 Å². The van der Waals surface area contributed by atoms with Gasteiger partial charge in [-0.05, 0) is 37.5 Å². The van der Waals surface area contributed by atoms with E-state index in [1.54, 1.807) is 39.0 Å². The van der Waals surface area contributed by atoms with Crippen molar-refractivity contribution in [1.82, 2.24) is 3.71 Å². The molecule has 1 heterocycles. The first kappa shape index (κ1) is 17.4. The van der Waals surface area contributed by atoms with Gasteiger partial charge in [0.2, 0.25) is 11.6 Å². The molecule has 2 aromatic carbocycles. The van der Waals surface area contributed by atoms with Crippen molar-refractivity contribution >= 4 is 21.7 Å². The van der Waals surface area contributed by atoms with E-state index in [-0.39, 0.29) is 4.90 Å². The van der Waals surface area contributed by atoms with E-state index in [4.69, 9.17) is 4.18 Å². The Hall–Kier alpha value is -1.38. The molecule has 3 atom stereocenters. The molecular formula is C17H19NO4S2. The van der Waals surface area contributed by atoms with Gasteiger partial charge < -0.3 is 4.55 Å². The lowest BCUT2D eigenvalue weighted by Crippen LogP contribution is -2.36. The standard InChI is InChI=1S/C17H19NO4S2/c1-12-8-7-9-13(2)17(12)24(20,21)18-16(14(3)22-23(18)19)15-10-5-4-6-11-15/h4-11,14,16H,1-3H3/t14-,16-,23?/m1/s1. The van der Waals surface area contributed by atoms with Crippen LogP contribution in [0.4, 0.5) is 0 Å². The summed E-state index contributed by atoms with van der Waals surface area (Å²) in [4.78, 5) is 0.192. The molecule has 0 amide bonds. The molecule has 2 aromatic rings. The molecule has 1 aliphatic rings. The van der Waals surface area contributed by atoms with Crippen LogP contribution < -0.4 is 0 Å². The molecule has 0 N–H and O–H groups in total. The van der Waals surface area contributed by atoms with Crippen molar-refractivity contribution in [2.24, 2.45) is 0 Å². The Labute approximate surface area is 145 Å². The largest absolute Gasteiger partial charge is 0.565 e. The van der Waals surface area contributed by atoms with Gasteiger partial charge >= 0.3 is 0 Å². The average molecular weight is 365 g/mol. The third-order valence-electron chi connectivity index (χ3n) is 4.10. The molecular weight excluding hydrogens is 346 g/mol. The van der Waals surface area contributed by atoms with Gasteiger partial charge in [0.1, 0.15) is 12.1 Å². The molecule has 0 aliphatic carbocycles. The first-order valence-electron chi connectivity index (χ1n) is 7.58. The highest BCUT2D eigenvalue weighted by Crippen LogP contribution is 2.42. The summed E-state index contributed by atoms with van der Waals surface area (Å²) in [5, 5.41) is 0. The summed E-state index contributed by atoms with van der Waals surface area (Å²) in [6.07, 6.45) is -0.507. The minimum atomic E-state index is -3.97. The Kier molecular flexibility index (Phi) is 4.72. The van der Waals surface area contributed by atoms with E-state index < -0.39 is 33.8 Å². The van der Waals surface area contributed by atoms with Crippen molar-refractivity contribution in [2.45, 2.75) is 37.8 Å². The van der Waals surface area contributed by atoms with Gasteiger partial charge in [-0.1, -0.05) is 48.5 Å². The molecule has 0 bridgehead atoms. The van der Waals surface area contributed by atoms with E-state index in [1.807, 2.05) is 30.3 Å². The molecule has 128 valence electrons. The summed E-state index contributed by atoms with van der Waals surface area (Å²) < 4.78 is 45.3. The van der Waals surface area contributed by atoms with E-state index in [2.05, 4.69) is 0 Å². The van der Waals surface area contributed by atoms with Crippen molar-refractivity contribution in [3.8, 4) is 0 Å². The van der Waals surface area contributed by atoms with Crippen molar-refractivity contribution in [3.05, 3.63) is 65.2 Å². The van der Waals surface area contributed by atoms with Crippen molar-refractivity contribution < 1.29 is 17.2 Å². The molecule has 1 saturated heterocycles. The van der Waals surface area contributed by atoms with Crippen LogP contribution in [-0.2, 0) is 25.8 Å². The number of sulfonamides is 1. The first-order valence-corrected chi connectivity index (χ1v) is 10.1. The summed E-state index contributed by atoms with van der Waals surface area (Å²) in [5.41, 5.74) is 2.00. The van der Waals surface area contributed by atoms with Gasteiger partial charge in [0.05, 0.1) is 4.90 Å². The Morgan fingerprint density at radius 1 is 1.04 bits per heavy atom. The predicted octanol–water partition coefficient (Wildman–Crippen LogP) is 3.03. The number of hydrogen-bond donors (Lipinski definition) is 0. The highest BCUT2D eigenvalue weighted by Gasteiger charge is 2.54. The average Bonchev–Trinajstić information content (AvgIpc) is 2.82. The Morgan fingerprint density at radius 3 is 2.21 bits per heavy atom. The zero-order valence-electron chi connectivity index (χ0n) is 13.7. The maximum Gasteiger partial charge on any atom is 0.285 e. The molecule has 5 nitrogen and oxygen atoms in total. The molecule has 24 heavy (non-hydrogen) atoms. The van der Waals surface area contributed by atoms with E-state index in [0.29, 0.717) is 11.1 Å². The fraction of sp³-hybridized carbons (Fsp3) is 0.294. The SMILES string of the molecule is Cc1cccc(C)c1S(=O)(=O)N1[C@@H](c2ccccc2)[C@@H](C)O[S+]1[O-]. The van der Waals surface area contributed by atoms with Gasteiger partial charge in [-0.25, -0.2) is 8.42 Å². The van der Waals surface area contributed by atoms with Gasteiger partial charge in [-0.2, -0.15) is 0 Å². The summed E-state index contributed by atoms with van der Waals surface area (Å²) in [6, 6.07) is 13.8. The number of rotatable bonds is 3. The Morgan fingerprint density at radius 2 is 1.62 bits per heavy atom. The van der Waals surface area contributed by atoms with E-state index in [0.717, 1.165) is 9.27 Å². The highest BCUT2D eigenvalue weighted by atomic mass is 32.3. The molecule has 0 spiro atoms. The van der Waals surface area contributed by atoms with Gasteiger partial charge in [0.15, 0.2) is 0 Å². The fourth-order valence-corrected chi connectivity index (χ4v) is 6.68. The Bertz CT molecular complexity index is 819. The molecule has 0 aromatic heterocycles. The maximum atomic E-state index is 13.3. The summed E-state index contributed by atoms with van der Waals surface area (Å²) in [5.74, 6) is 0. The summed E-state index contributed by atoms with van der Waals surface area (Å²) in [6.45, 7) is 5.21. The summed E-state index contributed by atoms with van der Waals surface area (Å²) in [7, 11) is -3.97. The minimum Gasteiger partial charge on any atom is -0.565 e. The second-order valence-electron chi connectivity index (χ2n) is 5.86. The number of hydrogen-bond acceptors (Lipinski definition) is 4. The van der Waals surface area contributed by atoms with Gasteiger partial charge in [0.25, 0.3) is 10.0 Å². The lowest BCUT2D eigenvalue weighted by molar-refractivity contribution is 0.228. The minimum absolute atomic E-state index is 0.192. The van der Waals surface area contributed by atoms with Crippen molar-refractivity contribution in [2.75, 3.05) is 0 Å². The lowest BCUT2D eigenvalue weighted by Gasteiger charge is -2.22. The molecule has 1 unspecified atom stereocenters. The molecule has 0 radical (unpaired) electrons. The first-order chi connectivity index (χ1) is 11.3. The zero-order valence-corrected chi connectivity index (χ0v) is 15.3. The zero-order chi connectivity index (χ0) is 17.5. The molecule has 0 saturated carbocycles. The van der Waals surface area contributed by atoms with Crippen LogP contribution in [-0.4, -0.2) is 22.8 Å². The second kappa shape index (κ2) is 6.50. The predicted molar refractivity (Wildman–Crippen MR) is 92.8 cm³/mol. The van der Waals surface area contributed by atoms with Gasteiger partial charge in [-0.3, -0.25) is 0 Å². The third kappa shape index (κ3) is 2.87. The number of nitrogens with zero attached hydrogens (tertiary/aromatic N) is 1. The fourth-order valence-electron chi connectivity index (χ4n) is 3.06. The molecule has 7 heteroatoms. The molecule has 1 aliphatic heterocycles. The highest BCUT2D eigenvalue weighted by molar-refractivity contribution is 8.02. The normalized spacial score (nSPS) is 25.1. The van der Waals surface area contributed by atoms with Gasteiger partial charge in [0, 0.05) is 3.71 Å². The molecule has 1 fully saturated rings. The monoisotopic (exact) mass is 365 g/mol. The van der Waals surface area contributed by atoms with Crippen molar-refractivity contribution in [3.63, 3.8) is 0 Å². The lowest BCUT2D eigenvalue weighted by atomic mass is 10.0. The van der Waals surface area contributed by atoms with Crippen LogP contribution in [0.5, 0.6) is 0 Å². The third-order valence-corrected chi connectivity index (χ3v) is 7.90. The van der Waals surface area contributed by atoms with E-state index in [1.165, 1.54) is 0 Å². The second-order valence-corrected chi connectivity index (χ2v) is 8.86. The van der Waals surface area contributed by atoms with Crippen LogP contribution in [0.25, 0.3) is 0 Å². The maximum absolute atomic E-state index is 13.3. The van der Waals surface area contributed by atoms with E-state index >= 15 is 0 Å². The topological polar surface area (TPSA) is 69.7 Å². The Balaban J connectivity index is 2.14. The van der Waals surface area contributed by atoms with Gasteiger partial charge in [-0.15, -0.1) is 4.18 Å². The molecule has 3 rings (SSSR count). The van der Waals surface area contributed by atoms with Crippen LogP contribution >= 0.6 is 0 Å². The number of aryl methyl sites for hydroxylation is 2. The van der Waals surface area contributed by atoms with Crippen LogP contribution in [0.3, 0.4) is 0 Å². The van der Waals surface area contributed by atoms with Crippen LogP contribution in [0, 0.1) is 13.8 Å². The van der Waals surface area contributed by atoms with Crippen LogP contribution in [0.1, 0.15) is 29.7 Å². The van der Waals surface area contributed by atoms with Crippen LogP contribution in [0.2, 0.25) is 0 Å². The smallest absolute Gasteiger partial charge is 0.285 e. The van der Waals surface area contributed by atoms with E-state index in [9.17, 15) is 13.0 Å². The quantitative estimate of drug-likeness (QED) is 0.784. The summed E-state index contributed by atoms with van der Waals surface area (Å²) >= 11 is -2.06.